The van der Waals surface area contributed by atoms with E-state index in [0.717, 1.165) is 24.3 Å². The van der Waals surface area contributed by atoms with Crippen LogP contribution in [0.5, 0.6) is 0 Å². The Labute approximate surface area is 181 Å². The van der Waals surface area contributed by atoms with Crippen LogP contribution in [0, 0.1) is 11.7 Å². The van der Waals surface area contributed by atoms with Crippen LogP contribution in [-0.4, -0.2) is 39.8 Å². The summed E-state index contributed by atoms with van der Waals surface area (Å²) in [5.74, 6) is -0.817. The molecule has 0 saturated carbocycles. The molecule has 0 bridgehead atoms. The topological polar surface area (TPSA) is 97.5 Å². The zero-order valence-corrected chi connectivity index (χ0v) is 19.1. The van der Waals surface area contributed by atoms with E-state index in [2.05, 4.69) is 0 Å². The molecule has 2 N–H and O–H groups in total. The minimum Gasteiger partial charge on any atom is -0.325 e. The van der Waals surface area contributed by atoms with Crippen LogP contribution in [0.25, 0.3) is 0 Å². The van der Waals surface area contributed by atoms with Crippen molar-refractivity contribution in [3.8, 4) is 0 Å². The number of benzene rings is 2. The van der Waals surface area contributed by atoms with Gasteiger partial charge in [0.05, 0.1) is 4.90 Å². The summed E-state index contributed by atoms with van der Waals surface area (Å²) < 4.78 is 68.4. The van der Waals surface area contributed by atoms with E-state index >= 15 is 0 Å². The summed E-state index contributed by atoms with van der Waals surface area (Å²) in [4.78, 5) is -1.56. The molecule has 0 aromatic heterocycles. The molecule has 0 amide bonds. The minimum absolute atomic E-state index is 0.0347. The predicted octanol–water partition coefficient (Wildman–Crippen LogP) is 3.45. The SMILES string of the molecule is CC(C)(N)C1CCN(S(=O)(=O)c2ccc(Cl)cc2S(=O)(=O)c2ccccc2F)CC1. The summed E-state index contributed by atoms with van der Waals surface area (Å²) in [6.07, 6.45) is 1.12. The van der Waals surface area contributed by atoms with Crippen molar-refractivity contribution < 1.29 is 21.2 Å². The monoisotopic (exact) mass is 474 g/mol. The van der Waals surface area contributed by atoms with Crippen molar-refractivity contribution in [1.29, 1.82) is 0 Å². The molecule has 0 aliphatic carbocycles. The molecule has 1 aliphatic rings. The zero-order chi connectivity index (χ0) is 22.3. The van der Waals surface area contributed by atoms with Crippen molar-refractivity contribution in [3.05, 3.63) is 53.3 Å². The molecule has 1 aliphatic heterocycles. The number of halogens is 2. The Morgan fingerprint density at radius 1 is 1.00 bits per heavy atom. The fourth-order valence-corrected chi connectivity index (χ4v) is 7.50. The van der Waals surface area contributed by atoms with Gasteiger partial charge in [0.1, 0.15) is 15.6 Å². The Morgan fingerprint density at radius 3 is 2.17 bits per heavy atom. The Morgan fingerprint density at radius 2 is 1.60 bits per heavy atom. The number of hydrogen-bond acceptors (Lipinski definition) is 5. The highest BCUT2D eigenvalue weighted by atomic mass is 35.5. The molecular weight excluding hydrogens is 451 g/mol. The molecule has 1 fully saturated rings. The van der Waals surface area contributed by atoms with Crippen molar-refractivity contribution in [3.63, 3.8) is 0 Å². The first-order valence-corrected chi connectivity index (χ1v) is 12.7. The van der Waals surface area contributed by atoms with Crippen LogP contribution >= 0.6 is 11.6 Å². The predicted molar refractivity (Wildman–Crippen MR) is 113 cm³/mol. The molecule has 6 nitrogen and oxygen atoms in total. The molecule has 10 heteroatoms. The van der Waals surface area contributed by atoms with Gasteiger partial charge in [-0.3, -0.25) is 0 Å². The number of rotatable bonds is 5. The number of piperidine rings is 1. The number of nitrogens with zero attached hydrogens (tertiary/aromatic N) is 1. The number of sulfonamides is 1. The smallest absolute Gasteiger partial charge is 0.244 e. The normalized spacial score (nSPS) is 17.2. The molecule has 164 valence electrons. The maximum Gasteiger partial charge on any atom is 0.244 e. The third kappa shape index (κ3) is 4.40. The van der Waals surface area contributed by atoms with Crippen LogP contribution in [-0.2, 0) is 19.9 Å². The van der Waals surface area contributed by atoms with Gasteiger partial charge in [-0.05, 0) is 62.9 Å². The summed E-state index contributed by atoms with van der Waals surface area (Å²) in [6.45, 7) is 4.24. The van der Waals surface area contributed by atoms with E-state index in [9.17, 15) is 21.2 Å². The molecular formula is C20H24ClFN2O4S2. The third-order valence-corrected chi connectivity index (χ3v) is 9.59. The first-order chi connectivity index (χ1) is 13.8. The molecule has 1 saturated heterocycles. The Hall–Kier alpha value is -1.52. The van der Waals surface area contributed by atoms with Crippen LogP contribution in [0.15, 0.2) is 57.2 Å². The van der Waals surface area contributed by atoms with Gasteiger partial charge in [0.2, 0.25) is 19.9 Å². The molecule has 0 atom stereocenters. The molecule has 3 rings (SSSR count). The summed E-state index contributed by atoms with van der Waals surface area (Å²) in [5, 5.41) is 0.0347. The van der Waals surface area contributed by atoms with Crippen molar-refractivity contribution >= 4 is 31.5 Å². The standard InChI is InChI=1S/C20H24ClFN2O4S2/c1-20(2,23)14-9-11-24(12-10-14)30(27,28)18-8-7-15(21)13-19(18)29(25,26)17-6-4-3-5-16(17)22/h3-8,13-14H,9-12,23H2,1-2H3. The zero-order valence-electron chi connectivity index (χ0n) is 16.7. The van der Waals surface area contributed by atoms with Gasteiger partial charge in [0, 0.05) is 23.7 Å². The highest BCUT2D eigenvalue weighted by Crippen LogP contribution is 2.35. The van der Waals surface area contributed by atoms with Gasteiger partial charge >= 0.3 is 0 Å². The van der Waals surface area contributed by atoms with E-state index in [1.807, 2.05) is 13.8 Å². The average Bonchev–Trinajstić information content (AvgIpc) is 2.67. The maximum absolute atomic E-state index is 14.2. The van der Waals surface area contributed by atoms with Crippen LogP contribution < -0.4 is 5.73 Å². The van der Waals surface area contributed by atoms with E-state index in [1.54, 1.807) is 0 Å². The molecule has 0 radical (unpaired) electrons. The van der Waals surface area contributed by atoms with Gasteiger partial charge < -0.3 is 5.73 Å². The third-order valence-electron chi connectivity index (χ3n) is 5.45. The van der Waals surface area contributed by atoms with Gasteiger partial charge in [-0.1, -0.05) is 23.7 Å². The molecule has 0 spiro atoms. The highest BCUT2D eigenvalue weighted by Gasteiger charge is 2.37. The summed E-state index contributed by atoms with van der Waals surface area (Å²) in [7, 11) is -8.61. The maximum atomic E-state index is 14.2. The fourth-order valence-electron chi connectivity index (χ4n) is 3.67. The largest absolute Gasteiger partial charge is 0.325 e. The Balaban J connectivity index is 2.05. The van der Waals surface area contributed by atoms with Crippen molar-refractivity contribution in [2.45, 2.75) is 46.9 Å². The summed E-state index contributed by atoms with van der Waals surface area (Å²) in [6, 6.07) is 8.34. The average molecular weight is 475 g/mol. The molecule has 0 unspecified atom stereocenters. The van der Waals surface area contributed by atoms with Crippen LogP contribution in [0.3, 0.4) is 0 Å². The number of hydrogen-bond donors (Lipinski definition) is 1. The van der Waals surface area contributed by atoms with Crippen LogP contribution in [0.4, 0.5) is 4.39 Å². The van der Waals surface area contributed by atoms with Crippen molar-refractivity contribution in [2.24, 2.45) is 11.7 Å². The molecule has 2 aromatic carbocycles. The summed E-state index contributed by atoms with van der Waals surface area (Å²) >= 11 is 5.97. The van der Waals surface area contributed by atoms with Gasteiger partial charge in [0.15, 0.2) is 0 Å². The van der Waals surface area contributed by atoms with Crippen LogP contribution in [0.1, 0.15) is 26.7 Å². The molecule has 30 heavy (non-hydrogen) atoms. The second kappa shape index (κ2) is 8.20. The Bertz CT molecular complexity index is 1150. The lowest BCUT2D eigenvalue weighted by molar-refractivity contribution is 0.200. The first kappa shape index (κ1) is 23.1. The van der Waals surface area contributed by atoms with Gasteiger partial charge in [-0.2, -0.15) is 4.31 Å². The van der Waals surface area contributed by atoms with Gasteiger partial charge in [-0.15, -0.1) is 0 Å². The second-order valence-electron chi connectivity index (χ2n) is 8.02. The second-order valence-corrected chi connectivity index (χ2v) is 12.3. The Kier molecular flexibility index (Phi) is 6.33. The lowest BCUT2D eigenvalue weighted by Gasteiger charge is -2.38. The van der Waals surface area contributed by atoms with Crippen molar-refractivity contribution in [2.75, 3.05) is 13.1 Å². The molecule has 1 heterocycles. The van der Waals surface area contributed by atoms with Gasteiger partial charge in [-0.25, -0.2) is 21.2 Å². The van der Waals surface area contributed by atoms with E-state index in [-0.39, 0.29) is 24.0 Å². The number of nitrogens with two attached hydrogens (primary N) is 1. The van der Waals surface area contributed by atoms with E-state index in [1.165, 1.54) is 22.5 Å². The van der Waals surface area contributed by atoms with E-state index in [4.69, 9.17) is 17.3 Å². The lowest BCUT2D eigenvalue weighted by atomic mass is 9.82. The lowest BCUT2D eigenvalue weighted by Crippen LogP contribution is -2.48. The number of sulfone groups is 1. The van der Waals surface area contributed by atoms with Crippen molar-refractivity contribution in [1.82, 2.24) is 4.31 Å². The summed E-state index contributed by atoms with van der Waals surface area (Å²) in [5.41, 5.74) is 5.72. The van der Waals surface area contributed by atoms with Crippen LogP contribution in [0.2, 0.25) is 5.02 Å². The quantitative estimate of drug-likeness (QED) is 0.715. The molecule has 2 aromatic rings. The minimum atomic E-state index is -4.46. The van der Waals surface area contributed by atoms with Gasteiger partial charge in [0.25, 0.3) is 0 Å². The van der Waals surface area contributed by atoms with E-state index in [0.29, 0.717) is 12.8 Å². The fraction of sp³-hybridized carbons (Fsp3) is 0.400. The first-order valence-electron chi connectivity index (χ1n) is 9.43. The highest BCUT2D eigenvalue weighted by molar-refractivity contribution is 7.93. The van der Waals surface area contributed by atoms with E-state index < -0.39 is 45.9 Å².